The first-order chi connectivity index (χ1) is 18.0. The zero-order chi connectivity index (χ0) is 27.1. The molecule has 0 N–H and O–H groups in total. The minimum Gasteiger partial charge on any atom is -0.443 e. The van der Waals surface area contributed by atoms with Gasteiger partial charge in [-0.05, 0) is 61.2 Å². The highest BCUT2D eigenvalue weighted by Gasteiger charge is 2.40. The Morgan fingerprint density at radius 3 is 2.63 bits per heavy atom. The predicted octanol–water partition coefficient (Wildman–Crippen LogP) is 6.01. The van der Waals surface area contributed by atoms with E-state index in [1.165, 1.54) is 30.3 Å². The van der Waals surface area contributed by atoms with Crippen LogP contribution in [0.4, 0.5) is 17.6 Å². The molecule has 0 spiro atoms. The van der Waals surface area contributed by atoms with Gasteiger partial charge >= 0.3 is 6.18 Å². The zero-order valence-electron chi connectivity index (χ0n) is 19.9. The molecule has 2 aromatic carbocycles. The van der Waals surface area contributed by atoms with Crippen molar-refractivity contribution in [1.29, 1.82) is 0 Å². The Balaban J connectivity index is 1.28. The number of fused-ring (bicyclic) bond motifs is 1. The summed E-state index contributed by atoms with van der Waals surface area (Å²) < 4.78 is 85.1. The van der Waals surface area contributed by atoms with Crippen LogP contribution in [0.1, 0.15) is 30.4 Å². The summed E-state index contributed by atoms with van der Waals surface area (Å²) in [4.78, 5) is 17.0. The van der Waals surface area contributed by atoms with Gasteiger partial charge in [0, 0.05) is 36.2 Å². The summed E-state index contributed by atoms with van der Waals surface area (Å²) in [6.07, 6.45) is -2.41. The first-order valence-electron chi connectivity index (χ1n) is 11.9. The van der Waals surface area contributed by atoms with Crippen LogP contribution in [-0.2, 0) is 27.4 Å². The standard InChI is InChI=1S/C27H22F4N2O4S/c28-21-8-11-25-19(14-21)15-26(37-25)38(35,36)33-12-2-5-23(33)24(34)10-6-17-3-1-4-18(13-17)22-9-7-20(16-32-22)27(29,30)31/h1,3-4,7-9,11,13-16,23H,2,5-6,10,12H2. The number of furan rings is 1. The highest BCUT2D eigenvalue weighted by atomic mass is 32.2. The van der Waals surface area contributed by atoms with E-state index in [0.29, 0.717) is 35.9 Å². The number of pyridine rings is 1. The molecule has 3 heterocycles. The van der Waals surface area contributed by atoms with Crippen LogP contribution in [0.2, 0.25) is 0 Å². The third kappa shape index (κ3) is 5.21. The van der Waals surface area contributed by atoms with Crippen molar-refractivity contribution >= 4 is 26.8 Å². The normalized spacial score (nSPS) is 16.8. The van der Waals surface area contributed by atoms with E-state index in [2.05, 4.69) is 4.98 Å². The first kappa shape index (κ1) is 26.1. The van der Waals surface area contributed by atoms with Gasteiger partial charge in [-0.2, -0.15) is 17.5 Å². The first-order valence-corrected chi connectivity index (χ1v) is 13.3. The number of carbonyl (C=O) groups is 1. The molecule has 1 aliphatic heterocycles. The molecule has 0 bridgehead atoms. The van der Waals surface area contributed by atoms with Gasteiger partial charge < -0.3 is 4.42 Å². The lowest BCUT2D eigenvalue weighted by Crippen LogP contribution is -2.40. The van der Waals surface area contributed by atoms with Crippen LogP contribution in [0.5, 0.6) is 0 Å². The molecule has 1 fully saturated rings. The van der Waals surface area contributed by atoms with Gasteiger partial charge in [-0.25, -0.2) is 12.8 Å². The minimum absolute atomic E-state index is 0.0753. The van der Waals surface area contributed by atoms with Crippen LogP contribution >= 0.6 is 0 Å². The number of hydrogen-bond donors (Lipinski definition) is 0. The van der Waals surface area contributed by atoms with Crippen LogP contribution in [0.15, 0.2) is 76.4 Å². The van der Waals surface area contributed by atoms with Crippen molar-refractivity contribution in [2.45, 2.75) is 43.0 Å². The van der Waals surface area contributed by atoms with E-state index in [1.807, 2.05) is 0 Å². The fraction of sp³-hybridized carbons (Fsp3) is 0.259. The highest BCUT2D eigenvalue weighted by molar-refractivity contribution is 7.89. The smallest absolute Gasteiger partial charge is 0.417 e. The molecule has 1 aliphatic rings. The molecule has 0 saturated carbocycles. The molecule has 0 amide bonds. The molecule has 0 aliphatic carbocycles. The fourth-order valence-electron chi connectivity index (χ4n) is 4.63. The molecule has 5 rings (SSSR count). The molecular formula is C27H22F4N2O4S. The fourth-order valence-corrected chi connectivity index (χ4v) is 6.26. The van der Waals surface area contributed by atoms with Gasteiger partial charge in [0.15, 0.2) is 5.78 Å². The van der Waals surface area contributed by atoms with Gasteiger partial charge in [0.2, 0.25) is 5.09 Å². The molecule has 38 heavy (non-hydrogen) atoms. The Kier molecular flexibility index (Phi) is 6.83. The lowest BCUT2D eigenvalue weighted by molar-refractivity contribution is -0.137. The minimum atomic E-state index is -4.47. The summed E-state index contributed by atoms with van der Waals surface area (Å²) in [7, 11) is -4.11. The average molecular weight is 547 g/mol. The number of rotatable bonds is 7. The number of nitrogens with zero attached hydrogens (tertiary/aromatic N) is 2. The quantitative estimate of drug-likeness (QED) is 0.265. The monoisotopic (exact) mass is 546 g/mol. The van der Waals surface area contributed by atoms with Gasteiger partial charge in [-0.3, -0.25) is 9.78 Å². The van der Waals surface area contributed by atoms with Crippen LogP contribution in [0.25, 0.3) is 22.2 Å². The number of aryl methyl sites for hydroxylation is 1. The van der Waals surface area contributed by atoms with Crippen molar-refractivity contribution in [3.63, 3.8) is 0 Å². The largest absolute Gasteiger partial charge is 0.443 e. The number of carbonyl (C=O) groups excluding carboxylic acids is 1. The number of alkyl halides is 3. The van der Waals surface area contributed by atoms with Crippen molar-refractivity contribution in [2.75, 3.05) is 6.54 Å². The third-order valence-electron chi connectivity index (χ3n) is 6.57. The second-order valence-corrected chi connectivity index (χ2v) is 10.9. The van der Waals surface area contributed by atoms with Crippen molar-refractivity contribution in [3.8, 4) is 11.3 Å². The van der Waals surface area contributed by atoms with Crippen LogP contribution in [0, 0.1) is 5.82 Å². The van der Waals surface area contributed by atoms with Crippen LogP contribution in [-0.4, -0.2) is 36.1 Å². The summed E-state index contributed by atoms with van der Waals surface area (Å²) in [5.41, 5.74) is 1.13. The summed E-state index contributed by atoms with van der Waals surface area (Å²) in [5.74, 6) is -0.763. The summed E-state index contributed by atoms with van der Waals surface area (Å²) in [6.45, 7) is 0.166. The van der Waals surface area contributed by atoms with Crippen molar-refractivity contribution in [2.24, 2.45) is 0 Å². The lowest BCUT2D eigenvalue weighted by atomic mass is 10.00. The maximum absolute atomic E-state index is 13.5. The second kappa shape index (κ2) is 9.95. The SMILES string of the molecule is O=C(CCc1cccc(-c2ccc(C(F)(F)F)cn2)c1)C1CCCN1S(=O)(=O)c1cc2cc(F)ccc2o1. The van der Waals surface area contributed by atoms with E-state index in [0.717, 1.165) is 22.1 Å². The number of hydrogen-bond acceptors (Lipinski definition) is 5. The summed E-state index contributed by atoms with van der Waals surface area (Å²) >= 11 is 0. The molecule has 1 saturated heterocycles. The molecule has 198 valence electrons. The number of sulfonamides is 1. The number of halogens is 4. The number of aromatic nitrogens is 1. The van der Waals surface area contributed by atoms with Crippen LogP contribution < -0.4 is 0 Å². The topological polar surface area (TPSA) is 80.5 Å². The van der Waals surface area contributed by atoms with Gasteiger partial charge in [-0.1, -0.05) is 18.2 Å². The zero-order valence-corrected chi connectivity index (χ0v) is 20.7. The van der Waals surface area contributed by atoms with Crippen LogP contribution in [0.3, 0.4) is 0 Å². The van der Waals surface area contributed by atoms with Gasteiger partial charge in [-0.15, -0.1) is 0 Å². The Labute approximate surface area is 215 Å². The Hall–Kier alpha value is -3.57. The Morgan fingerprint density at radius 2 is 1.89 bits per heavy atom. The molecule has 0 radical (unpaired) electrons. The van der Waals surface area contributed by atoms with E-state index >= 15 is 0 Å². The molecule has 1 atom stereocenters. The molecule has 4 aromatic rings. The maximum atomic E-state index is 13.5. The summed E-state index contributed by atoms with van der Waals surface area (Å²) in [5, 5.41) is -0.0254. The van der Waals surface area contributed by atoms with Gasteiger partial charge in [0.1, 0.15) is 11.4 Å². The van der Waals surface area contributed by atoms with Crippen molar-refractivity contribution in [3.05, 3.63) is 83.8 Å². The molecule has 11 heteroatoms. The van der Waals surface area contributed by atoms with E-state index in [4.69, 9.17) is 4.42 Å². The number of ketones is 1. The second-order valence-electron chi connectivity index (χ2n) is 9.12. The predicted molar refractivity (Wildman–Crippen MR) is 131 cm³/mol. The average Bonchev–Trinajstić information content (AvgIpc) is 3.55. The summed E-state index contributed by atoms with van der Waals surface area (Å²) in [6, 6.07) is 13.4. The Bertz CT molecular complexity index is 1600. The van der Waals surface area contributed by atoms with E-state index in [9.17, 15) is 30.8 Å². The third-order valence-corrected chi connectivity index (χ3v) is 8.33. The van der Waals surface area contributed by atoms with E-state index in [-0.39, 0.29) is 29.4 Å². The lowest BCUT2D eigenvalue weighted by Gasteiger charge is -2.21. The molecule has 1 unspecified atom stereocenters. The van der Waals surface area contributed by atoms with Gasteiger partial charge in [0.05, 0.1) is 17.3 Å². The molecule has 6 nitrogen and oxygen atoms in total. The molecular weight excluding hydrogens is 524 g/mol. The highest BCUT2D eigenvalue weighted by Crippen LogP contribution is 2.32. The maximum Gasteiger partial charge on any atom is 0.417 e. The van der Waals surface area contributed by atoms with E-state index < -0.39 is 33.6 Å². The van der Waals surface area contributed by atoms with Gasteiger partial charge in [0.25, 0.3) is 10.0 Å². The molecule has 2 aromatic heterocycles. The van der Waals surface area contributed by atoms with E-state index in [1.54, 1.807) is 24.3 Å². The number of Topliss-reactive ketones (excluding diaryl/α,β-unsaturated/α-hetero) is 1. The van der Waals surface area contributed by atoms with Crippen molar-refractivity contribution in [1.82, 2.24) is 9.29 Å². The van der Waals surface area contributed by atoms with Crippen molar-refractivity contribution < 1.29 is 35.2 Å². The number of benzene rings is 2. The Morgan fingerprint density at radius 1 is 1.08 bits per heavy atom.